The molecule has 0 aromatic carbocycles. The summed E-state index contributed by atoms with van der Waals surface area (Å²) >= 11 is 0. The van der Waals surface area contributed by atoms with Crippen LogP contribution in [0.15, 0.2) is 18.5 Å². The van der Waals surface area contributed by atoms with E-state index in [2.05, 4.69) is 9.88 Å². The second-order valence-electron chi connectivity index (χ2n) is 4.57. The molecular weight excluding hydrogens is 220 g/mol. The van der Waals surface area contributed by atoms with Gasteiger partial charge >= 0.3 is 5.97 Å². The average molecular weight is 234 g/mol. The number of hydrogen-bond donors (Lipinski definition) is 1. The summed E-state index contributed by atoms with van der Waals surface area (Å²) in [6, 6.07) is 2.62. The summed E-state index contributed by atoms with van der Waals surface area (Å²) in [5.74, 6) is -0.931. The minimum absolute atomic E-state index is 0.244. The van der Waals surface area contributed by atoms with Crippen LogP contribution < -0.4 is 4.90 Å². The van der Waals surface area contributed by atoms with Crippen LogP contribution in [0.3, 0.4) is 0 Å². The lowest BCUT2D eigenvalue weighted by atomic mass is 10.1. The van der Waals surface area contributed by atoms with Gasteiger partial charge in [0.1, 0.15) is 0 Å². The van der Waals surface area contributed by atoms with Crippen LogP contribution in [-0.4, -0.2) is 41.4 Å². The van der Waals surface area contributed by atoms with Crippen LogP contribution in [0.5, 0.6) is 0 Å². The molecule has 0 spiro atoms. The molecule has 2 fully saturated rings. The van der Waals surface area contributed by atoms with Crippen LogP contribution >= 0.6 is 0 Å². The van der Waals surface area contributed by atoms with Gasteiger partial charge in [0.05, 0.1) is 36.7 Å². The van der Waals surface area contributed by atoms with Gasteiger partial charge in [0.25, 0.3) is 0 Å². The van der Waals surface area contributed by atoms with Crippen molar-refractivity contribution < 1.29 is 14.6 Å². The number of aromatic carboxylic acids is 1. The third-order valence-electron chi connectivity index (χ3n) is 3.22. The highest BCUT2D eigenvalue weighted by molar-refractivity contribution is 5.88. The maximum Gasteiger partial charge on any atom is 0.337 e. The SMILES string of the molecule is O=C(O)c1cncc(N(C2CC2)C2COC2)c1. The zero-order valence-electron chi connectivity index (χ0n) is 9.37. The molecule has 2 heterocycles. The summed E-state index contributed by atoms with van der Waals surface area (Å²) in [4.78, 5) is 17.2. The van der Waals surface area contributed by atoms with Crippen molar-refractivity contribution in [3.8, 4) is 0 Å². The normalized spacial score (nSPS) is 19.8. The first-order valence-electron chi connectivity index (χ1n) is 5.80. The number of hydrogen-bond acceptors (Lipinski definition) is 4. The van der Waals surface area contributed by atoms with E-state index in [9.17, 15) is 4.79 Å². The first-order valence-corrected chi connectivity index (χ1v) is 5.80. The van der Waals surface area contributed by atoms with Gasteiger partial charge in [-0.2, -0.15) is 0 Å². The van der Waals surface area contributed by atoms with Crippen molar-refractivity contribution in [2.45, 2.75) is 24.9 Å². The van der Waals surface area contributed by atoms with Gasteiger partial charge in [-0.25, -0.2) is 4.79 Å². The second kappa shape index (κ2) is 4.00. The van der Waals surface area contributed by atoms with Crippen molar-refractivity contribution in [3.05, 3.63) is 24.0 Å². The van der Waals surface area contributed by atoms with Crippen LogP contribution in [0.25, 0.3) is 0 Å². The predicted octanol–water partition coefficient (Wildman–Crippen LogP) is 1.15. The molecule has 0 radical (unpaired) electrons. The van der Waals surface area contributed by atoms with Crippen molar-refractivity contribution in [2.75, 3.05) is 18.1 Å². The van der Waals surface area contributed by atoms with Gasteiger partial charge in [0, 0.05) is 12.2 Å². The molecule has 0 unspecified atom stereocenters. The number of nitrogens with zero attached hydrogens (tertiary/aromatic N) is 2. The fourth-order valence-corrected chi connectivity index (χ4v) is 2.14. The van der Waals surface area contributed by atoms with Crippen LogP contribution in [0.2, 0.25) is 0 Å². The Morgan fingerprint density at radius 2 is 2.12 bits per heavy atom. The number of carboxylic acids is 1. The van der Waals surface area contributed by atoms with Gasteiger partial charge < -0.3 is 14.7 Å². The largest absolute Gasteiger partial charge is 0.478 e. The third kappa shape index (κ3) is 1.98. The Labute approximate surface area is 99.0 Å². The fourth-order valence-electron chi connectivity index (χ4n) is 2.14. The molecule has 3 rings (SSSR count). The van der Waals surface area contributed by atoms with Gasteiger partial charge in [-0.1, -0.05) is 0 Å². The van der Waals surface area contributed by atoms with E-state index in [1.807, 2.05) is 0 Å². The van der Waals surface area contributed by atoms with Gasteiger partial charge in [0.2, 0.25) is 0 Å². The Kier molecular flexibility index (Phi) is 2.48. The van der Waals surface area contributed by atoms with Gasteiger partial charge in [-0.3, -0.25) is 4.98 Å². The van der Waals surface area contributed by atoms with E-state index in [1.165, 1.54) is 19.0 Å². The lowest BCUT2D eigenvalue weighted by Crippen LogP contribution is -2.50. The minimum Gasteiger partial charge on any atom is -0.478 e. The van der Waals surface area contributed by atoms with Crippen LogP contribution in [0, 0.1) is 0 Å². The molecule has 1 aliphatic carbocycles. The summed E-state index contributed by atoms with van der Waals surface area (Å²) in [5, 5.41) is 8.97. The Morgan fingerprint density at radius 3 is 2.65 bits per heavy atom. The summed E-state index contributed by atoms with van der Waals surface area (Å²) < 4.78 is 5.21. The Balaban J connectivity index is 1.89. The predicted molar refractivity (Wildman–Crippen MR) is 61.3 cm³/mol. The van der Waals surface area contributed by atoms with Crippen molar-refractivity contribution in [2.24, 2.45) is 0 Å². The lowest BCUT2D eigenvalue weighted by Gasteiger charge is -2.39. The lowest BCUT2D eigenvalue weighted by molar-refractivity contribution is 0.00738. The Morgan fingerprint density at radius 1 is 1.35 bits per heavy atom. The first kappa shape index (κ1) is 10.5. The number of anilines is 1. The van der Waals surface area contributed by atoms with E-state index in [0.717, 1.165) is 18.9 Å². The van der Waals surface area contributed by atoms with Crippen molar-refractivity contribution in [1.29, 1.82) is 0 Å². The molecule has 1 aromatic rings. The standard InChI is InChI=1S/C12H14N2O3/c15-12(16)8-3-10(5-13-4-8)14(9-1-2-9)11-6-17-7-11/h3-5,9,11H,1-2,6-7H2,(H,15,16). The average Bonchev–Trinajstić information content (AvgIpc) is 3.07. The summed E-state index contributed by atoms with van der Waals surface area (Å²) in [6.45, 7) is 1.46. The van der Waals surface area contributed by atoms with E-state index in [4.69, 9.17) is 9.84 Å². The molecule has 90 valence electrons. The molecule has 1 saturated carbocycles. The zero-order valence-corrected chi connectivity index (χ0v) is 9.37. The highest BCUT2D eigenvalue weighted by Crippen LogP contribution is 2.35. The Hall–Kier alpha value is -1.62. The molecule has 2 aliphatic rings. The molecule has 1 aromatic heterocycles. The minimum atomic E-state index is -0.931. The molecule has 0 bridgehead atoms. The number of carboxylic acid groups (broad SMARTS) is 1. The van der Waals surface area contributed by atoms with E-state index in [1.54, 1.807) is 12.3 Å². The molecule has 5 nitrogen and oxygen atoms in total. The highest BCUT2D eigenvalue weighted by atomic mass is 16.5. The van der Waals surface area contributed by atoms with Gasteiger partial charge in [-0.15, -0.1) is 0 Å². The molecule has 1 aliphatic heterocycles. The van der Waals surface area contributed by atoms with Crippen molar-refractivity contribution >= 4 is 11.7 Å². The molecule has 1 N–H and O–H groups in total. The first-order chi connectivity index (χ1) is 8.25. The second-order valence-corrected chi connectivity index (χ2v) is 4.57. The maximum atomic E-state index is 10.9. The molecule has 1 saturated heterocycles. The van der Waals surface area contributed by atoms with Crippen LogP contribution in [0.1, 0.15) is 23.2 Å². The number of pyridine rings is 1. The zero-order chi connectivity index (χ0) is 11.8. The molecular formula is C12H14N2O3. The van der Waals surface area contributed by atoms with E-state index in [0.29, 0.717) is 12.1 Å². The van der Waals surface area contributed by atoms with Crippen molar-refractivity contribution in [1.82, 2.24) is 4.98 Å². The summed E-state index contributed by atoms with van der Waals surface area (Å²) in [6.07, 6.45) is 5.47. The third-order valence-corrected chi connectivity index (χ3v) is 3.22. The monoisotopic (exact) mass is 234 g/mol. The maximum absolute atomic E-state index is 10.9. The quantitative estimate of drug-likeness (QED) is 0.846. The van der Waals surface area contributed by atoms with E-state index < -0.39 is 5.97 Å². The number of carbonyl (C=O) groups is 1. The van der Waals surface area contributed by atoms with Gasteiger partial charge in [0.15, 0.2) is 0 Å². The molecule has 0 atom stereocenters. The van der Waals surface area contributed by atoms with E-state index >= 15 is 0 Å². The smallest absolute Gasteiger partial charge is 0.337 e. The van der Waals surface area contributed by atoms with Crippen LogP contribution in [0.4, 0.5) is 5.69 Å². The van der Waals surface area contributed by atoms with Gasteiger partial charge in [-0.05, 0) is 18.9 Å². The molecule has 17 heavy (non-hydrogen) atoms. The number of rotatable bonds is 4. The Bertz CT molecular complexity index is 441. The summed E-state index contributed by atoms with van der Waals surface area (Å²) in [7, 11) is 0. The molecule has 5 heteroatoms. The van der Waals surface area contributed by atoms with Crippen molar-refractivity contribution in [3.63, 3.8) is 0 Å². The van der Waals surface area contributed by atoms with E-state index in [-0.39, 0.29) is 5.56 Å². The number of aromatic nitrogens is 1. The number of ether oxygens (including phenoxy) is 1. The summed E-state index contributed by atoms with van der Waals surface area (Å²) in [5.41, 5.74) is 1.15. The molecule has 0 amide bonds. The topological polar surface area (TPSA) is 62.7 Å². The fraction of sp³-hybridized carbons (Fsp3) is 0.500. The highest BCUT2D eigenvalue weighted by Gasteiger charge is 2.37. The van der Waals surface area contributed by atoms with Crippen LogP contribution in [-0.2, 0) is 4.74 Å².